The molecule has 3 fully saturated rings. The van der Waals surface area contributed by atoms with E-state index in [1.807, 2.05) is 0 Å². The van der Waals surface area contributed by atoms with Crippen LogP contribution in [-0.4, -0.2) is 12.1 Å². The molecule has 0 aliphatic heterocycles. The maximum Gasteiger partial charge on any atom is 0.147 e. The highest BCUT2D eigenvalue weighted by Gasteiger charge is 2.61. The molecule has 24 heavy (non-hydrogen) atoms. The molecule has 3 saturated carbocycles. The Morgan fingerprint density at radius 3 is 1.79 bits per heavy atom. The van der Waals surface area contributed by atoms with Gasteiger partial charge in [0, 0.05) is 27.3 Å². The van der Waals surface area contributed by atoms with Crippen molar-refractivity contribution in [2.45, 2.75) is 73.6 Å². The molecule has 0 spiro atoms. The quantitative estimate of drug-likeness (QED) is 0.535. The standard InChI is InChI=1S/C11H15BrO.C10H16O/c1-10(2)8-4-5-11(10,3)9(12)7(8)6-13;1-9(2)7-4-5-10(9,3)8(11)6-7/h6,8H,4-5H2,1-3H3;7H,4-6H2,1-3H3/t8-,11+;7-,10+/m11/s1. The highest BCUT2D eigenvalue weighted by molar-refractivity contribution is 9.11. The van der Waals surface area contributed by atoms with Crippen molar-refractivity contribution < 1.29 is 9.59 Å². The van der Waals surface area contributed by atoms with E-state index in [1.165, 1.54) is 19.3 Å². The molecule has 4 atom stereocenters. The second kappa shape index (κ2) is 5.28. The van der Waals surface area contributed by atoms with E-state index in [0.29, 0.717) is 17.6 Å². The largest absolute Gasteiger partial charge is 0.299 e. The Bertz CT molecular complexity index is 630. The van der Waals surface area contributed by atoms with Crippen molar-refractivity contribution in [2.75, 3.05) is 0 Å². The van der Waals surface area contributed by atoms with Crippen molar-refractivity contribution in [1.82, 2.24) is 0 Å². The summed E-state index contributed by atoms with van der Waals surface area (Å²) in [5.41, 5.74) is 1.77. The first-order chi connectivity index (χ1) is 10.9. The number of hydrogen-bond acceptors (Lipinski definition) is 2. The maximum atomic E-state index is 11.6. The summed E-state index contributed by atoms with van der Waals surface area (Å²) in [6.07, 6.45) is 6.68. The summed E-state index contributed by atoms with van der Waals surface area (Å²) in [5.74, 6) is 1.67. The van der Waals surface area contributed by atoms with Crippen molar-refractivity contribution in [3.05, 3.63) is 10.1 Å². The molecular formula is C21H31BrO2. The summed E-state index contributed by atoms with van der Waals surface area (Å²) in [4.78, 5) is 22.5. The summed E-state index contributed by atoms with van der Waals surface area (Å²) in [7, 11) is 0. The van der Waals surface area contributed by atoms with Gasteiger partial charge in [0.15, 0.2) is 0 Å². The number of rotatable bonds is 1. The molecular weight excluding hydrogens is 364 g/mol. The number of carbonyl (C=O) groups is 2. The van der Waals surface area contributed by atoms with E-state index >= 15 is 0 Å². The second-order valence-electron chi connectivity index (χ2n) is 9.95. The third-order valence-corrected chi connectivity index (χ3v) is 10.3. The average molecular weight is 395 g/mol. The molecule has 2 nitrogen and oxygen atoms in total. The molecule has 0 amide bonds. The zero-order valence-corrected chi connectivity index (χ0v) is 17.5. The van der Waals surface area contributed by atoms with Crippen LogP contribution in [0.3, 0.4) is 0 Å². The number of ketones is 1. The number of hydrogen-bond donors (Lipinski definition) is 0. The van der Waals surface area contributed by atoms with Crippen LogP contribution in [0.4, 0.5) is 0 Å². The number of aldehydes is 1. The smallest absolute Gasteiger partial charge is 0.147 e. The van der Waals surface area contributed by atoms with Gasteiger partial charge in [-0.05, 0) is 48.3 Å². The van der Waals surface area contributed by atoms with Crippen LogP contribution in [0.15, 0.2) is 10.1 Å². The van der Waals surface area contributed by atoms with Gasteiger partial charge in [-0.25, -0.2) is 0 Å². The van der Waals surface area contributed by atoms with Gasteiger partial charge in [-0.3, -0.25) is 9.59 Å². The van der Waals surface area contributed by atoms with E-state index in [2.05, 4.69) is 57.5 Å². The first-order valence-corrected chi connectivity index (χ1v) is 10.1. The third kappa shape index (κ3) is 2.00. The highest BCUT2D eigenvalue weighted by Crippen LogP contribution is 2.68. The summed E-state index contributed by atoms with van der Waals surface area (Å²) in [6.45, 7) is 13.5. The van der Waals surface area contributed by atoms with Gasteiger partial charge in [0.1, 0.15) is 12.1 Å². The van der Waals surface area contributed by atoms with E-state index in [0.717, 1.165) is 29.2 Å². The predicted octanol–water partition coefficient (Wildman–Crippen LogP) is 5.69. The summed E-state index contributed by atoms with van der Waals surface area (Å²) in [6, 6.07) is 0. The van der Waals surface area contributed by atoms with Crippen molar-refractivity contribution in [2.24, 2.45) is 33.5 Å². The zero-order chi connectivity index (χ0) is 18.1. The van der Waals surface area contributed by atoms with Crippen molar-refractivity contribution >= 4 is 28.0 Å². The topological polar surface area (TPSA) is 34.1 Å². The number of allylic oxidation sites excluding steroid dienone is 2. The number of Topliss-reactive ketones (excluding diaryl/α,β-unsaturated/α-hetero) is 1. The van der Waals surface area contributed by atoms with Crippen molar-refractivity contribution in [1.29, 1.82) is 0 Å². The van der Waals surface area contributed by atoms with Crippen LogP contribution in [0, 0.1) is 33.5 Å². The molecule has 0 aromatic carbocycles. The van der Waals surface area contributed by atoms with Gasteiger partial charge in [0.2, 0.25) is 0 Å². The molecule has 0 aromatic rings. The fraction of sp³-hybridized carbons (Fsp3) is 0.810. The zero-order valence-electron chi connectivity index (χ0n) is 16.0. The minimum Gasteiger partial charge on any atom is -0.299 e. The third-order valence-electron chi connectivity index (χ3n) is 8.95. The van der Waals surface area contributed by atoms with Gasteiger partial charge in [-0.2, -0.15) is 0 Å². The van der Waals surface area contributed by atoms with Gasteiger partial charge in [0.25, 0.3) is 0 Å². The number of fused-ring (bicyclic) bond motifs is 4. The first-order valence-electron chi connectivity index (χ1n) is 9.32. The molecule has 4 bridgehead atoms. The van der Waals surface area contributed by atoms with Gasteiger partial charge >= 0.3 is 0 Å². The fourth-order valence-corrected chi connectivity index (χ4v) is 7.02. The first kappa shape index (κ1) is 18.4. The van der Waals surface area contributed by atoms with Crippen LogP contribution in [0.2, 0.25) is 0 Å². The second-order valence-corrected chi connectivity index (χ2v) is 10.7. The molecule has 134 valence electrons. The molecule has 0 unspecified atom stereocenters. The van der Waals surface area contributed by atoms with E-state index in [1.54, 1.807) is 0 Å². The molecule has 0 saturated heterocycles. The van der Waals surface area contributed by atoms with Crippen LogP contribution in [0.5, 0.6) is 0 Å². The Kier molecular flexibility index (Phi) is 4.04. The minimum absolute atomic E-state index is 0.0255. The van der Waals surface area contributed by atoms with Crippen molar-refractivity contribution in [3.8, 4) is 0 Å². The van der Waals surface area contributed by atoms with Gasteiger partial charge in [-0.15, -0.1) is 0 Å². The Labute approximate surface area is 155 Å². The average Bonchev–Trinajstić information content (AvgIpc) is 2.99. The van der Waals surface area contributed by atoms with E-state index in [4.69, 9.17) is 0 Å². The summed E-state index contributed by atoms with van der Waals surface area (Å²) >= 11 is 3.60. The number of carbonyl (C=O) groups excluding carboxylic acids is 2. The molecule has 3 heteroatoms. The Morgan fingerprint density at radius 1 is 0.958 bits per heavy atom. The summed E-state index contributed by atoms with van der Waals surface area (Å²) < 4.78 is 1.16. The minimum atomic E-state index is 0.0255. The SMILES string of the molecule is CC1(C)[C@@H]2CC[C@@]1(C)C(=O)C2.CC1(C)[C@@H]2CC[C@@]1(C)C(Br)=C2C=O. The van der Waals surface area contributed by atoms with Crippen LogP contribution in [0.1, 0.15) is 73.6 Å². The van der Waals surface area contributed by atoms with E-state index in [-0.39, 0.29) is 21.7 Å². The molecule has 0 heterocycles. The molecule has 4 aliphatic carbocycles. The Balaban J connectivity index is 0.000000143. The lowest BCUT2D eigenvalue weighted by Gasteiger charge is -2.35. The normalized spacial score (nSPS) is 43.9. The van der Waals surface area contributed by atoms with Crippen LogP contribution >= 0.6 is 15.9 Å². The molecule has 0 aromatic heterocycles. The molecule has 0 radical (unpaired) electrons. The summed E-state index contributed by atoms with van der Waals surface area (Å²) in [5, 5.41) is 0. The van der Waals surface area contributed by atoms with Gasteiger partial charge in [0.05, 0.1) is 0 Å². The van der Waals surface area contributed by atoms with Crippen LogP contribution in [-0.2, 0) is 9.59 Å². The maximum absolute atomic E-state index is 11.6. The van der Waals surface area contributed by atoms with Crippen LogP contribution in [0.25, 0.3) is 0 Å². The molecule has 4 aliphatic rings. The number of halogens is 1. The lowest BCUT2D eigenvalue weighted by molar-refractivity contribution is -0.128. The van der Waals surface area contributed by atoms with E-state index < -0.39 is 0 Å². The van der Waals surface area contributed by atoms with Gasteiger partial charge in [-0.1, -0.05) is 57.5 Å². The Morgan fingerprint density at radius 2 is 1.54 bits per heavy atom. The highest BCUT2D eigenvalue weighted by atomic mass is 79.9. The monoisotopic (exact) mass is 394 g/mol. The fourth-order valence-electron chi connectivity index (χ4n) is 5.94. The lowest BCUT2D eigenvalue weighted by Crippen LogP contribution is -2.32. The van der Waals surface area contributed by atoms with Gasteiger partial charge < -0.3 is 0 Å². The molecule has 4 rings (SSSR count). The van der Waals surface area contributed by atoms with Crippen LogP contribution < -0.4 is 0 Å². The van der Waals surface area contributed by atoms with E-state index in [9.17, 15) is 9.59 Å². The lowest BCUT2D eigenvalue weighted by atomic mass is 9.70. The molecule has 0 N–H and O–H groups in total. The van der Waals surface area contributed by atoms with Crippen molar-refractivity contribution in [3.63, 3.8) is 0 Å². The Hall–Kier alpha value is -0.440. The predicted molar refractivity (Wildman–Crippen MR) is 101 cm³/mol.